The highest BCUT2D eigenvalue weighted by Gasteiger charge is 2.09. The van der Waals surface area contributed by atoms with Gasteiger partial charge in [-0.1, -0.05) is 70.4 Å². The molecule has 26 heavy (non-hydrogen) atoms. The number of rotatable bonds is 18. The molecular formula is C22H41NO3. The highest BCUT2D eigenvalue weighted by atomic mass is 16.6. The first-order chi connectivity index (χ1) is 12.7. The molecule has 0 aromatic heterocycles. The summed E-state index contributed by atoms with van der Waals surface area (Å²) in [5.74, 6) is -0.849. The van der Waals surface area contributed by atoms with Gasteiger partial charge >= 0.3 is 11.9 Å². The molecule has 0 rings (SSSR count). The fourth-order valence-electron chi connectivity index (χ4n) is 2.82. The van der Waals surface area contributed by atoms with Gasteiger partial charge in [-0.2, -0.15) is 0 Å². The van der Waals surface area contributed by atoms with Crippen LogP contribution in [0.5, 0.6) is 0 Å². The van der Waals surface area contributed by atoms with Gasteiger partial charge in [0.25, 0.3) is 0 Å². The zero-order valence-corrected chi connectivity index (χ0v) is 17.0. The molecule has 0 saturated heterocycles. The summed E-state index contributed by atoms with van der Waals surface area (Å²) in [6, 6.07) is 0. The highest BCUT2D eigenvalue weighted by Crippen LogP contribution is 2.10. The molecule has 0 amide bonds. The van der Waals surface area contributed by atoms with E-state index in [9.17, 15) is 9.59 Å². The number of esters is 2. The molecule has 0 heterocycles. The van der Waals surface area contributed by atoms with Crippen LogP contribution in [-0.2, 0) is 14.3 Å². The Hall–Kier alpha value is -1.16. The van der Waals surface area contributed by atoms with Crippen molar-refractivity contribution in [2.45, 2.75) is 110 Å². The van der Waals surface area contributed by atoms with Crippen LogP contribution in [0.4, 0.5) is 0 Å². The molecule has 0 radical (unpaired) electrons. The third-order valence-corrected chi connectivity index (χ3v) is 4.46. The third kappa shape index (κ3) is 19.2. The van der Waals surface area contributed by atoms with Crippen molar-refractivity contribution in [3.8, 4) is 0 Å². The number of ether oxygens (including phenoxy) is 1. The maximum Gasteiger partial charge on any atom is 0.313 e. The Morgan fingerprint density at radius 3 is 1.69 bits per heavy atom. The Balaban J connectivity index is 3.29. The van der Waals surface area contributed by atoms with Gasteiger partial charge in [-0.05, 0) is 45.1 Å². The second-order valence-corrected chi connectivity index (χ2v) is 7.07. The smallest absolute Gasteiger partial charge is 0.313 e. The predicted molar refractivity (Wildman–Crippen MR) is 109 cm³/mol. The number of hydrogen-bond acceptors (Lipinski definition) is 4. The SMILES string of the molecule is CCCCCCCCC=CCCCCCCCC(=O)OC(=O)CCCN. The summed E-state index contributed by atoms with van der Waals surface area (Å²) in [4.78, 5) is 22.7. The van der Waals surface area contributed by atoms with Gasteiger partial charge in [0.15, 0.2) is 0 Å². The molecule has 4 heteroatoms. The quantitative estimate of drug-likeness (QED) is 0.143. The lowest BCUT2D eigenvalue weighted by Gasteiger charge is -2.03. The molecule has 0 bridgehead atoms. The van der Waals surface area contributed by atoms with Gasteiger partial charge in [0.05, 0.1) is 0 Å². The summed E-state index contributed by atoms with van der Waals surface area (Å²) in [6.07, 6.45) is 21.7. The Morgan fingerprint density at radius 2 is 1.15 bits per heavy atom. The standard InChI is InChI=1S/C22H41NO3/c1-2-3-4-5-6-7-8-9-10-11-12-13-14-15-16-18-21(24)26-22(25)19-17-20-23/h9-10H,2-8,11-20,23H2,1H3. The minimum atomic E-state index is -0.451. The fourth-order valence-corrected chi connectivity index (χ4v) is 2.82. The number of carbonyl (C=O) groups excluding carboxylic acids is 2. The van der Waals surface area contributed by atoms with Crippen LogP contribution in [0.15, 0.2) is 12.2 Å². The van der Waals surface area contributed by atoms with Crippen LogP contribution in [0.1, 0.15) is 110 Å². The Bertz CT molecular complexity index is 366. The average molecular weight is 368 g/mol. The summed E-state index contributed by atoms with van der Waals surface area (Å²) >= 11 is 0. The van der Waals surface area contributed by atoms with Crippen LogP contribution in [0, 0.1) is 0 Å². The minimum Gasteiger partial charge on any atom is -0.393 e. The van der Waals surface area contributed by atoms with Gasteiger partial charge < -0.3 is 10.5 Å². The van der Waals surface area contributed by atoms with Crippen molar-refractivity contribution < 1.29 is 14.3 Å². The van der Waals surface area contributed by atoms with E-state index in [2.05, 4.69) is 19.1 Å². The van der Waals surface area contributed by atoms with Crippen molar-refractivity contribution in [1.82, 2.24) is 0 Å². The predicted octanol–water partition coefficient (Wildman–Crippen LogP) is 5.83. The lowest BCUT2D eigenvalue weighted by molar-refractivity contribution is -0.159. The number of nitrogens with two attached hydrogens (primary N) is 1. The molecular weight excluding hydrogens is 326 g/mol. The first-order valence-corrected chi connectivity index (χ1v) is 10.8. The van der Waals surface area contributed by atoms with Crippen LogP contribution in [-0.4, -0.2) is 18.5 Å². The molecule has 0 atom stereocenters. The Labute approximate surface area is 160 Å². The summed E-state index contributed by atoms with van der Waals surface area (Å²) in [6.45, 7) is 2.70. The largest absolute Gasteiger partial charge is 0.393 e. The minimum absolute atomic E-state index is 0.231. The van der Waals surface area contributed by atoms with Gasteiger partial charge in [-0.3, -0.25) is 9.59 Å². The van der Waals surface area contributed by atoms with E-state index in [1.165, 1.54) is 57.8 Å². The van der Waals surface area contributed by atoms with E-state index in [0.717, 1.165) is 25.7 Å². The normalized spacial score (nSPS) is 11.2. The monoisotopic (exact) mass is 367 g/mol. The Kier molecular flexibility index (Phi) is 19.3. The van der Waals surface area contributed by atoms with Crippen LogP contribution < -0.4 is 5.73 Å². The van der Waals surface area contributed by atoms with E-state index in [1.54, 1.807) is 0 Å². The number of carbonyl (C=O) groups is 2. The van der Waals surface area contributed by atoms with Crippen LogP contribution in [0.25, 0.3) is 0 Å². The molecule has 0 aromatic rings. The van der Waals surface area contributed by atoms with Gasteiger partial charge in [-0.25, -0.2) is 0 Å². The number of allylic oxidation sites excluding steroid dienone is 2. The lowest BCUT2D eigenvalue weighted by Crippen LogP contribution is -2.13. The average Bonchev–Trinajstić information content (AvgIpc) is 2.63. The van der Waals surface area contributed by atoms with Gasteiger partial charge in [0, 0.05) is 12.8 Å². The van der Waals surface area contributed by atoms with E-state index < -0.39 is 11.9 Å². The van der Waals surface area contributed by atoms with Crippen LogP contribution in [0.3, 0.4) is 0 Å². The number of hydrogen-bond donors (Lipinski definition) is 1. The van der Waals surface area contributed by atoms with Gasteiger partial charge in [0.2, 0.25) is 0 Å². The zero-order valence-electron chi connectivity index (χ0n) is 17.0. The van der Waals surface area contributed by atoms with Crippen LogP contribution >= 0.6 is 0 Å². The van der Waals surface area contributed by atoms with E-state index in [1.807, 2.05) is 0 Å². The van der Waals surface area contributed by atoms with Gasteiger partial charge in [-0.15, -0.1) is 0 Å². The molecule has 2 N–H and O–H groups in total. The van der Waals surface area contributed by atoms with Gasteiger partial charge in [0.1, 0.15) is 0 Å². The lowest BCUT2D eigenvalue weighted by atomic mass is 10.1. The van der Waals surface area contributed by atoms with Crippen molar-refractivity contribution in [2.75, 3.05) is 6.54 Å². The molecule has 0 aliphatic rings. The molecule has 0 aromatic carbocycles. The van der Waals surface area contributed by atoms with E-state index in [-0.39, 0.29) is 6.42 Å². The molecule has 4 nitrogen and oxygen atoms in total. The highest BCUT2D eigenvalue weighted by molar-refractivity contribution is 5.85. The second-order valence-electron chi connectivity index (χ2n) is 7.07. The summed E-state index contributed by atoms with van der Waals surface area (Å²) in [5.41, 5.74) is 5.31. The maximum atomic E-state index is 11.5. The topological polar surface area (TPSA) is 69.4 Å². The molecule has 0 aliphatic heterocycles. The second kappa shape index (κ2) is 20.2. The molecule has 0 unspecified atom stereocenters. The zero-order chi connectivity index (χ0) is 19.3. The van der Waals surface area contributed by atoms with Crippen molar-refractivity contribution in [1.29, 1.82) is 0 Å². The summed E-state index contributed by atoms with van der Waals surface area (Å²) < 4.78 is 4.73. The first kappa shape index (κ1) is 24.8. The summed E-state index contributed by atoms with van der Waals surface area (Å²) in [7, 11) is 0. The molecule has 0 spiro atoms. The third-order valence-electron chi connectivity index (χ3n) is 4.46. The molecule has 0 saturated carbocycles. The fraction of sp³-hybridized carbons (Fsp3) is 0.818. The summed E-state index contributed by atoms with van der Waals surface area (Å²) in [5, 5.41) is 0. The van der Waals surface area contributed by atoms with E-state index in [0.29, 0.717) is 19.4 Å². The van der Waals surface area contributed by atoms with Crippen molar-refractivity contribution in [3.05, 3.63) is 12.2 Å². The number of unbranched alkanes of at least 4 members (excludes halogenated alkanes) is 11. The van der Waals surface area contributed by atoms with E-state index in [4.69, 9.17) is 10.5 Å². The first-order valence-electron chi connectivity index (χ1n) is 10.8. The molecule has 0 aliphatic carbocycles. The van der Waals surface area contributed by atoms with Crippen molar-refractivity contribution in [3.63, 3.8) is 0 Å². The Morgan fingerprint density at radius 1 is 0.692 bits per heavy atom. The molecule has 152 valence electrons. The van der Waals surface area contributed by atoms with E-state index >= 15 is 0 Å². The molecule has 0 fully saturated rings. The maximum absolute atomic E-state index is 11.5. The van der Waals surface area contributed by atoms with Crippen molar-refractivity contribution >= 4 is 11.9 Å². The van der Waals surface area contributed by atoms with Crippen LogP contribution in [0.2, 0.25) is 0 Å². The van der Waals surface area contributed by atoms with Crippen molar-refractivity contribution in [2.24, 2.45) is 5.73 Å².